The zero-order valence-corrected chi connectivity index (χ0v) is 5.90. The number of nitrogens with zero attached hydrogens (tertiary/aromatic N) is 1. The lowest BCUT2D eigenvalue weighted by atomic mass is 10.3. The average molecular weight is 133 g/mol. The highest BCUT2D eigenvalue weighted by Crippen LogP contribution is 1.88. The van der Waals surface area contributed by atoms with Crippen molar-refractivity contribution in [1.82, 2.24) is 0 Å². The minimum atomic E-state index is -0.120. The Morgan fingerprint density at radius 1 is 1.75 bits per heavy atom. The molecule has 0 radical (unpaired) electrons. The van der Waals surface area contributed by atoms with Gasteiger partial charge in [0, 0.05) is 6.21 Å². The molecule has 0 unspecified atom stereocenters. The highest BCUT2D eigenvalue weighted by Gasteiger charge is 1.75. The second kappa shape index (κ2) is 6.82. The standard InChI is InChI=1S/C5H11NOS/c1-2-3-4-5-6-8-7/h5,8H,2-4H2,1H3/b6-5+. The van der Waals surface area contributed by atoms with Crippen LogP contribution in [0.2, 0.25) is 0 Å². The van der Waals surface area contributed by atoms with E-state index in [4.69, 9.17) is 0 Å². The minimum Gasteiger partial charge on any atom is -0.238 e. The maximum atomic E-state index is 9.67. The quantitative estimate of drug-likeness (QED) is 0.347. The summed E-state index contributed by atoms with van der Waals surface area (Å²) in [6, 6.07) is 0. The molecule has 0 N–H and O–H groups in total. The van der Waals surface area contributed by atoms with E-state index in [2.05, 4.69) is 11.3 Å². The Kier molecular flexibility index (Phi) is 6.67. The first-order chi connectivity index (χ1) is 3.91. The van der Waals surface area contributed by atoms with Gasteiger partial charge in [-0.1, -0.05) is 13.3 Å². The van der Waals surface area contributed by atoms with Gasteiger partial charge < -0.3 is 0 Å². The summed E-state index contributed by atoms with van der Waals surface area (Å²) < 4.78 is 13.2. The van der Waals surface area contributed by atoms with Crippen molar-refractivity contribution in [3.8, 4) is 0 Å². The van der Waals surface area contributed by atoms with Crippen LogP contribution in [0.1, 0.15) is 26.2 Å². The summed E-state index contributed by atoms with van der Waals surface area (Å²) in [5.41, 5.74) is 0. The predicted molar refractivity (Wildman–Crippen MR) is 37.6 cm³/mol. The molecule has 0 fully saturated rings. The van der Waals surface area contributed by atoms with Gasteiger partial charge in [-0.15, -0.1) is 0 Å². The molecule has 0 atom stereocenters. The molecule has 0 spiro atoms. The molecule has 0 heterocycles. The van der Waals surface area contributed by atoms with E-state index >= 15 is 0 Å². The van der Waals surface area contributed by atoms with Crippen LogP contribution in [-0.2, 0) is 11.9 Å². The van der Waals surface area contributed by atoms with E-state index in [1.807, 2.05) is 0 Å². The van der Waals surface area contributed by atoms with Gasteiger partial charge in [-0.05, 0) is 12.8 Å². The maximum Gasteiger partial charge on any atom is 0.125 e. The van der Waals surface area contributed by atoms with Crippen LogP contribution >= 0.6 is 0 Å². The zero-order valence-electron chi connectivity index (χ0n) is 5.00. The smallest absolute Gasteiger partial charge is 0.125 e. The molecule has 8 heavy (non-hydrogen) atoms. The Morgan fingerprint density at radius 3 is 3.00 bits per heavy atom. The Balaban J connectivity index is 2.91. The molecule has 0 aliphatic carbocycles. The molecule has 0 amide bonds. The summed E-state index contributed by atoms with van der Waals surface area (Å²) in [7, 11) is 0. The summed E-state index contributed by atoms with van der Waals surface area (Å²) in [6.07, 6.45) is 4.95. The number of rotatable bonds is 4. The van der Waals surface area contributed by atoms with Gasteiger partial charge in [0.1, 0.15) is 11.9 Å². The molecule has 0 aromatic carbocycles. The summed E-state index contributed by atoms with van der Waals surface area (Å²) in [4.78, 5) is 0. The highest BCUT2D eigenvalue weighted by molar-refractivity contribution is 7.64. The lowest BCUT2D eigenvalue weighted by Crippen LogP contribution is -1.73. The van der Waals surface area contributed by atoms with Gasteiger partial charge in [-0.2, -0.15) is 0 Å². The van der Waals surface area contributed by atoms with Crippen molar-refractivity contribution < 1.29 is 4.21 Å². The lowest BCUT2D eigenvalue weighted by Gasteiger charge is -1.82. The summed E-state index contributed by atoms with van der Waals surface area (Å²) in [6.45, 7) is 2.11. The fourth-order valence-corrected chi connectivity index (χ4v) is 0.569. The molecule has 3 heteroatoms. The van der Waals surface area contributed by atoms with Gasteiger partial charge in [-0.25, -0.2) is 8.61 Å². The van der Waals surface area contributed by atoms with Crippen molar-refractivity contribution in [3.63, 3.8) is 0 Å². The number of hydrogen-bond donors (Lipinski definition) is 1. The fourth-order valence-electron chi connectivity index (χ4n) is 0.386. The SMILES string of the molecule is CCCC/C=N/[SH]=O. The third kappa shape index (κ3) is 5.82. The molecule has 0 aliphatic heterocycles. The topological polar surface area (TPSA) is 29.4 Å². The van der Waals surface area contributed by atoms with E-state index in [0.717, 1.165) is 12.8 Å². The van der Waals surface area contributed by atoms with Gasteiger partial charge in [0.15, 0.2) is 0 Å². The van der Waals surface area contributed by atoms with Gasteiger partial charge in [0.25, 0.3) is 0 Å². The van der Waals surface area contributed by atoms with Crippen LogP contribution in [0.25, 0.3) is 0 Å². The summed E-state index contributed by atoms with van der Waals surface area (Å²) >= 11 is -0.120. The van der Waals surface area contributed by atoms with E-state index in [1.54, 1.807) is 6.21 Å². The monoisotopic (exact) mass is 133 g/mol. The second-order valence-electron chi connectivity index (χ2n) is 1.52. The first-order valence-corrected chi connectivity index (χ1v) is 3.52. The van der Waals surface area contributed by atoms with Gasteiger partial charge in [0.05, 0.1) is 0 Å². The minimum absolute atomic E-state index is 0.120. The molecule has 0 aromatic rings. The second-order valence-corrected chi connectivity index (χ2v) is 1.92. The first-order valence-electron chi connectivity index (χ1n) is 2.76. The molecule has 0 aliphatic rings. The van der Waals surface area contributed by atoms with Crippen LogP contribution in [0.3, 0.4) is 0 Å². The Bertz CT molecular complexity index is 82.5. The van der Waals surface area contributed by atoms with Crippen LogP contribution in [0.15, 0.2) is 4.40 Å². The van der Waals surface area contributed by atoms with Crippen molar-refractivity contribution in [2.24, 2.45) is 4.40 Å². The lowest BCUT2D eigenvalue weighted by molar-refractivity contribution is 0.695. The molecular formula is C5H11NOS. The van der Waals surface area contributed by atoms with Crippen LogP contribution < -0.4 is 0 Å². The largest absolute Gasteiger partial charge is 0.238 e. The van der Waals surface area contributed by atoms with Gasteiger partial charge in [-0.3, -0.25) is 0 Å². The van der Waals surface area contributed by atoms with Crippen LogP contribution in [0.4, 0.5) is 0 Å². The van der Waals surface area contributed by atoms with Crippen molar-refractivity contribution in [2.45, 2.75) is 26.2 Å². The Labute approximate surface area is 53.6 Å². The van der Waals surface area contributed by atoms with E-state index in [-0.39, 0.29) is 11.9 Å². The van der Waals surface area contributed by atoms with Gasteiger partial charge in [0.2, 0.25) is 0 Å². The van der Waals surface area contributed by atoms with Crippen LogP contribution in [0.5, 0.6) is 0 Å². The van der Waals surface area contributed by atoms with E-state index in [1.165, 1.54) is 6.42 Å². The zero-order chi connectivity index (χ0) is 6.24. The summed E-state index contributed by atoms with van der Waals surface area (Å²) in [5.74, 6) is 0. The average Bonchev–Trinajstić information content (AvgIpc) is 1.81. The van der Waals surface area contributed by atoms with E-state index in [0.29, 0.717) is 0 Å². The predicted octanol–water partition coefficient (Wildman–Crippen LogP) is 1.11. The van der Waals surface area contributed by atoms with Crippen molar-refractivity contribution in [2.75, 3.05) is 0 Å². The Morgan fingerprint density at radius 2 is 2.50 bits per heavy atom. The summed E-state index contributed by atoms with van der Waals surface area (Å²) in [5, 5.41) is 0. The Hall–Kier alpha value is -0.180. The number of hydrogen-bond acceptors (Lipinski definition) is 1. The third-order valence-electron chi connectivity index (χ3n) is 0.816. The van der Waals surface area contributed by atoms with E-state index < -0.39 is 0 Å². The van der Waals surface area contributed by atoms with Crippen LogP contribution in [0, 0.1) is 0 Å². The van der Waals surface area contributed by atoms with Crippen molar-refractivity contribution >= 4 is 18.1 Å². The normalized spacial score (nSPS) is 10.6. The molecule has 2 nitrogen and oxygen atoms in total. The molecule has 0 aromatic heterocycles. The molecule has 48 valence electrons. The van der Waals surface area contributed by atoms with Gasteiger partial charge >= 0.3 is 0 Å². The number of thiol groups is 1. The molecule has 0 saturated heterocycles. The van der Waals surface area contributed by atoms with E-state index in [9.17, 15) is 4.21 Å². The molecular weight excluding hydrogens is 122 g/mol. The van der Waals surface area contributed by atoms with Crippen LogP contribution in [-0.4, -0.2) is 10.4 Å². The molecule has 0 saturated carbocycles. The maximum absolute atomic E-state index is 9.67. The van der Waals surface area contributed by atoms with Crippen molar-refractivity contribution in [3.05, 3.63) is 0 Å². The fraction of sp³-hybridized carbons (Fsp3) is 0.800. The van der Waals surface area contributed by atoms with Crippen molar-refractivity contribution in [1.29, 1.82) is 0 Å². The highest BCUT2D eigenvalue weighted by atomic mass is 32.2. The molecule has 0 rings (SSSR count). The molecule has 0 bridgehead atoms. The third-order valence-corrected chi connectivity index (χ3v) is 1.07. The number of unbranched alkanes of at least 4 members (excludes halogenated alkanes) is 2. The first kappa shape index (κ1) is 7.82.